The van der Waals surface area contributed by atoms with Gasteiger partial charge in [-0.3, -0.25) is 4.79 Å². The van der Waals surface area contributed by atoms with Gasteiger partial charge in [0.05, 0.1) is 0 Å². The highest BCUT2D eigenvalue weighted by Crippen LogP contribution is 2.25. The summed E-state index contributed by atoms with van der Waals surface area (Å²) in [5.74, 6) is 0.310. The molecule has 0 saturated carbocycles. The Morgan fingerprint density at radius 3 is 2.17 bits per heavy atom. The van der Waals surface area contributed by atoms with E-state index in [0.29, 0.717) is 17.1 Å². The zero-order valence-corrected chi connectivity index (χ0v) is 16.0. The zero-order valence-electron chi connectivity index (χ0n) is 16.0. The Hall–Kier alpha value is -3.86. The van der Waals surface area contributed by atoms with Crippen LogP contribution in [0, 0.1) is 0 Å². The van der Waals surface area contributed by atoms with Crippen molar-refractivity contribution in [1.82, 2.24) is 5.32 Å². The number of ether oxygens (including phenoxy) is 2. The van der Waals surface area contributed by atoms with Gasteiger partial charge in [0.1, 0.15) is 23.8 Å². The molecule has 5 heteroatoms. The van der Waals surface area contributed by atoms with Crippen molar-refractivity contribution in [3.05, 3.63) is 102 Å². The highest BCUT2D eigenvalue weighted by Gasteiger charge is 2.14. The Labute approximate surface area is 169 Å². The van der Waals surface area contributed by atoms with Gasteiger partial charge in [-0.05, 0) is 29.8 Å². The molecular weight excluding hydrogens is 366 g/mol. The maximum Gasteiger partial charge on any atom is 0.355 e. The van der Waals surface area contributed by atoms with Gasteiger partial charge in [0.25, 0.3) is 0 Å². The molecule has 0 aliphatic rings. The molecule has 3 aromatic rings. The first-order valence-electron chi connectivity index (χ1n) is 9.14. The number of carbonyl (C=O) groups excluding carboxylic acids is 2. The van der Waals surface area contributed by atoms with Crippen molar-refractivity contribution < 1.29 is 19.1 Å². The molecule has 0 aliphatic carbocycles. The molecule has 0 radical (unpaired) electrons. The Bertz CT molecular complexity index is 998. The van der Waals surface area contributed by atoms with Crippen LogP contribution in [0.1, 0.15) is 18.1 Å². The van der Waals surface area contributed by atoms with Crippen molar-refractivity contribution in [2.24, 2.45) is 0 Å². The van der Waals surface area contributed by atoms with Gasteiger partial charge in [-0.1, -0.05) is 66.7 Å². The molecule has 0 aromatic heterocycles. The van der Waals surface area contributed by atoms with Gasteiger partial charge < -0.3 is 14.8 Å². The van der Waals surface area contributed by atoms with E-state index in [4.69, 9.17) is 9.47 Å². The molecule has 0 heterocycles. The number of hydrogen-bond acceptors (Lipinski definition) is 4. The monoisotopic (exact) mass is 387 g/mol. The summed E-state index contributed by atoms with van der Waals surface area (Å²) in [6, 6.07) is 25.9. The first-order valence-corrected chi connectivity index (χ1v) is 9.14. The molecule has 0 atom stereocenters. The number of carbonyl (C=O) groups is 2. The molecule has 1 amide bonds. The second-order valence-electron chi connectivity index (χ2n) is 6.25. The molecule has 5 nitrogen and oxygen atoms in total. The summed E-state index contributed by atoms with van der Waals surface area (Å²) in [4.78, 5) is 24.1. The van der Waals surface area contributed by atoms with Crippen LogP contribution < -0.4 is 10.1 Å². The number of nitrogens with one attached hydrogen (secondary N) is 1. The molecule has 0 fully saturated rings. The van der Waals surface area contributed by atoms with Crippen molar-refractivity contribution >= 4 is 18.0 Å². The number of amides is 1. The third kappa shape index (κ3) is 6.07. The van der Waals surface area contributed by atoms with Crippen LogP contribution in [0.5, 0.6) is 11.5 Å². The quantitative estimate of drug-likeness (QED) is 0.471. The molecule has 29 heavy (non-hydrogen) atoms. The highest BCUT2D eigenvalue weighted by atomic mass is 16.5. The van der Waals surface area contributed by atoms with E-state index in [-0.39, 0.29) is 18.2 Å². The molecule has 0 saturated heterocycles. The average Bonchev–Trinajstić information content (AvgIpc) is 2.73. The van der Waals surface area contributed by atoms with E-state index >= 15 is 0 Å². The molecule has 0 unspecified atom stereocenters. The van der Waals surface area contributed by atoms with Crippen LogP contribution in [0.4, 0.5) is 0 Å². The Morgan fingerprint density at radius 1 is 0.862 bits per heavy atom. The van der Waals surface area contributed by atoms with Crippen molar-refractivity contribution in [3.63, 3.8) is 0 Å². The van der Waals surface area contributed by atoms with E-state index in [0.717, 1.165) is 5.56 Å². The first-order chi connectivity index (χ1) is 14.1. The lowest BCUT2D eigenvalue weighted by molar-refractivity contribution is -0.141. The fourth-order valence-corrected chi connectivity index (χ4v) is 2.61. The fourth-order valence-electron chi connectivity index (χ4n) is 2.61. The van der Waals surface area contributed by atoms with Crippen LogP contribution in [0.25, 0.3) is 6.08 Å². The maximum atomic E-state index is 12.6. The van der Waals surface area contributed by atoms with E-state index in [2.05, 4.69) is 5.32 Å². The minimum Gasteiger partial charge on any atom is -0.457 e. The summed E-state index contributed by atoms with van der Waals surface area (Å²) in [6.07, 6.45) is 1.58. The lowest BCUT2D eigenvalue weighted by Gasteiger charge is -2.13. The SMILES string of the molecule is CC(=O)NC(=Cc1ccccc1)C(=O)OCc1ccccc1Oc1ccccc1. The summed E-state index contributed by atoms with van der Waals surface area (Å²) in [5.41, 5.74) is 1.57. The highest BCUT2D eigenvalue weighted by molar-refractivity contribution is 5.97. The standard InChI is InChI=1S/C24H21NO4/c1-18(26)25-22(16-19-10-4-2-5-11-19)24(27)28-17-20-12-8-9-15-23(20)29-21-13-6-3-7-14-21/h2-16H,17H2,1H3,(H,25,26). The summed E-state index contributed by atoms with van der Waals surface area (Å²) >= 11 is 0. The van der Waals surface area contributed by atoms with Crippen molar-refractivity contribution in [2.45, 2.75) is 13.5 Å². The van der Waals surface area contributed by atoms with Crippen LogP contribution in [0.15, 0.2) is 90.6 Å². The van der Waals surface area contributed by atoms with Crippen molar-refractivity contribution in [2.75, 3.05) is 0 Å². The Morgan fingerprint density at radius 2 is 1.48 bits per heavy atom. The Balaban J connectivity index is 1.73. The molecule has 0 aliphatic heterocycles. The minimum absolute atomic E-state index is 0.00749. The number of esters is 1. The van der Waals surface area contributed by atoms with E-state index in [1.807, 2.05) is 84.9 Å². The lowest BCUT2D eigenvalue weighted by Crippen LogP contribution is -2.26. The molecule has 0 spiro atoms. The largest absolute Gasteiger partial charge is 0.457 e. The summed E-state index contributed by atoms with van der Waals surface area (Å²) in [6.45, 7) is 1.35. The van der Waals surface area contributed by atoms with Gasteiger partial charge in [0.15, 0.2) is 0 Å². The van der Waals surface area contributed by atoms with Crippen LogP contribution in [0.2, 0.25) is 0 Å². The van der Waals surface area contributed by atoms with Crippen LogP contribution in [0.3, 0.4) is 0 Å². The van der Waals surface area contributed by atoms with Crippen molar-refractivity contribution in [1.29, 1.82) is 0 Å². The van der Waals surface area contributed by atoms with Crippen LogP contribution in [-0.4, -0.2) is 11.9 Å². The number of hydrogen-bond donors (Lipinski definition) is 1. The van der Waals surface area contributed by atoms with Gasteiger partial charge in [-0.25, -0.2) is 4.79 Å². The third-order valence-corrected chi connectivity index (χ3v) is 3.94. The normalized spacial score (nSPS) is 10.9. The Kier molecular flexibility index (Phi) is 6.79. The van der Waals surface area contributed by atoms with Gasteiger partial charge in [0, 0.05) is 12.5 Å². The van der Waals surface area contributed by atoms with E-state index in [9.17, 15) is 9.59 Å². The van der Waals surface area contributed by atoms with E-state index in [1.54, 1.807) is 6.08 Å². The number of rotatable bonds is 7. The average molecular weight is 387 g/mol. The van der Waals surface area contributed by atoms with Gasteiger partial charge in [0.2, 0.25) is 5.91 Å². The molecule has 0 bridgehead atoms. The third-order valence-electron chi connectivity index (χ3n) is 3.94. The molecular formula is C24H21NO4. The van der Waals surface area contributed by atoms with Crippen LogP contribution in [-0.2, 0) is 20.9 Å². The van der Waals surface area contributed by atoms with Crippen LogP contribution >= 0.6 is 0 Å². The molecule has 3 rings (SSSR count). The maximum absolute atomic E-state index is 12.6. The predicted octanol–water partition coefficient (Wildman–Crippen LogP) is 4.70. The fraction of sp³-hybridized carbons (Fsp3) is 0.0833. The van der Waals surface area contributed by atoms with Crippen molar-refractivity contribution in [3.8, 4) is 11.5 Å². The minimum atomic E-state index is -0.626. The molecule has 3 aromatic carbocycles. The topological polar surface area (TPSA) is 64.6 Å². The van der Waals surface area contributed by atoms with Gasteiger partial charge in [-0.15, -0.1) is 0 Å². The first kappa shape index (κ1) is 19.9. The molecule has 1 N–H and O–H groups in total. The van der Waals surface area contributed by atoms with Gasteiger partial charge >= 0.3 is 5.97 Å². The summed E-state index contributed by atoms with van der Waals surface area (Å²) in [5, 5.41) is 2.54. The smallest absolute Gasteiger partial charge is 0.355 e. The zero-order chi connectivity index (χ0) is 20.5. The second-order valence-corrected chi connectivity index (χ2v) is 6.25. The predicted molar refractivity (Wildman–Crippen MR) is 111 cm³/mol. The molecule has 146 valence electrons. The van der Waals surface area contributed by atoms with E-state index in [1.165, 1.54) is 6.92 Å². The summed E-state index contributed by atoms with van der Waals surface area (Å²) in [7, 11) is 0. The second kappa shape index (κ2) is 9.90. The number of benzene rings is 3. The van der Waals surface area contributed by atoms with Gasteiger partial charge in [-0.2, -0.15) is 0 Å². The summed E-state index contributed by atoms with van der Waals surface area (Å²) < 4.78 is 11.3. The van der Waals surface area contributed by atoms with E-state index < -0.39 is 5.97 Å². The lowest BCUT2D eigenvalue weighted by atomic mass is 10.2. The number of para-hydroxylation sites is 2.